The summed E-state index contributed by atoms with van der Waals surface area (Å²) in [6, 6.07) is 9.74. The molecule has 2 saturated heterocycles. The van der Waals surface area contributed by atoms with Crippen molar-refractivity contribution < 1.29 is 29.7 Å². The minimum Gasteiger partial charge on any atom is -0.465 e. The third-order valence-corrected chi connectivity index (χ3v) is 10.9. The molecule has 3 fully saturated rings. The van der Waals surface area contributed by atoms with E-state index in [0.29, 0.717) is 30.1 Å². The first-order valence-corrected chi connectivity index (χ1v) is 17.0. The van der Waals surface area contributed by atoms with E-state index in [1.165, 1.54) is 58.7 Å². The summed E-state index contributed by atoms with van der Waals surface area (Å²) >= 11 is 0. The number of hydrogen-bond acceptors (Lipinski definition) is 6. The zero-order valence-corrected chi connectivity index (χ0v) is 27.9. The number of aliphatic hydroxyl groups excluding tert-OH is 1. The van der Waals surface area contributed by atoms with Gasteiger partial charge in [0.15, 0.2) is 0 Å². The molecule has 3 atom stereocenters. The van der Waals surface area contributed by atoms with E-state index in [1.54, 1.807) is 12.1 Å². The zero-order chi connectivity index (χ0) is 33.9. The Kier molecular flexibility index (Phi) is 10.5. The van der Waals surface area contributed by atoms with Gasteiger partial charge in [0.25, 0.3) is 11.5 Å². The molecular weight excluding hydrogens is 600 g/mol. The van der Waals surface area contributed by atoms with Crippen molar-refractivity contribution in [2.24, 2.45) is 17.3 Å². The molecule has 0 spiro atoms. The number of hydrogen-bond donors (Lipinski definition) is 3. The van der Waals surface area contributed by atoms with Crippen molar-refractivity contribution in [2.45, 2.75) is 83.9 Å². The van der Waals surface area contributed by atoms with Crippen molar-refractivity contribution in [1.82, 2.24) is 19.3 Å². The van der Waals surface area contributed by atoms with E-state index in [0.717, 1.165) is 6.42 Å². The molecule has 5 rings (SSSR count). The van der Waals surface area contributed by atoms with E-state index in [2.05, 4.69) is 0 Å². The maximum Gasteiger partial charge on any atom is 0.407 e. The summed E-state index contributed by atoms with van der Waals surface area (Å²) < 4.78 is 1.38. The molecule has 11 nitrogen and oxygen atoms in total. The van der Waals surface area contributed by atoms with Gasteiger partial charge in [0.05, 0.1) is 30.4 Å². The van der Waals surface area contributed by atoms with Gasteiger partial charge in [0, 0.05) is 61.9 Å². The van der Waals surface area contributed by atoms with Crippen LogP contribution >= 0.6 is 0 Å². The number of nitrogens with zero attached hydrogens (tertiary/aromatic N) is 4. The Balaban J connectivity index is 1.40. The minimum absolute atomic E-state index is 0.0275. The molecular formula is C36H50N4O7. The molecule has 3 aliphatic rings. The molecule has 0 bridgehead atoms. The van der Waals surface area contributed by atoms with Crippen molar-refractivity contribution in [2.75, 3.05) is 39.3 Å². The van der Waals surface area contributed by atoms with Gasteiger partial charge in [-0.2, -0.15) is 0 Å². The van der Waals surface area contributed by atoms with Crippen LogP contribution in [0.5, 0.6) is 0 Å². The van der Waals surface area contributed by atoms with Crippen LogP contribution < -0.4 is 5.56 Å². The summed E-state index contributed by atoms with van der Waals surface area (Å²) in [5.41, 5.74) is -1.15. The normalized spacial score (nSPS) is 24.2. The van der Waals surface area contributed by atoms with E-state index in [1.807, 2.05) is 43.9 Å². The number of pyridine rings is 1. The number of piperidine rings is 1. The number of aliphatic hydroxyl groups is 2. The molecule has 0 unspecified atom stereocenters. The number of carboxylic acid groups (broad SMARTS) is 1. The van der Waals surface area contributed by atoms with E-state index in [4.69, 9.17) is 0 Å². The van der Waals surface area contributed by atoms with Gasteiger partial charge >= 0.3 is 6.09 Å². The third-order valence-electron chi connectivity index (χ3n) is 10.9. The molecule has 3 heterocycles. The predicted molar refractivity (Wildman–Crippen MR) is 178 cm³/mol. The number of aromatic nitrogens is 1. The summed E-state index contributed by atoms with van der Waals surface area (Å²) in [6.07, 6.45) is 7.66. The lowest BCUT2D eigenvalue weighted by molar-refractivity contribution is -0.157. The van der Waals surface area contributed by atoms with Gasteiger partial charge in [0.2, 0.25) is 5.91 Å². The van der Waals surface area contributed by atoms with Gasteiger partial charge in [-0.15, -0.1) is 0 Å². The Morgan fingerprint density at radius 1 is 1.00 bits per heavy atom. The number of likely N-dealkylation sites (tertiary alicyclic amines) is 1. The van der Waals surface area contributed by atoms with Crippen LogP contribution in [0.15, 0.2) is 47.4 Å². The SMILES string of the molecule is C[C@H](CC1CCCCC1)C(=O)N1CC[C@@](O)(Cn2cc(C(=O)N3CCN(C(=O)O)C[C@H]3CO)c(-c3ccccc3)cc2=O)C(C)(C)C1. The smallest absolute Gasteiger partial charge is 0.407 e. The first-order chi connectivity index (χ1) is 22.3. The van der Waals surface area contributed by atoms with Gasteiger partial charge in [0.1, 0.15) is 0 Å². The fourth-order valence-corrected chi connectivity index (χ4v) is 7.79. The molecule has 1 saturated carbocycles. The average molecular weight is 651 g/mol. The van der Waals surface area contributed by atoms with Crippen molar-refractivity contribution >= 4 is 17.9 Å². The highest BCUT2D eigenvalue weighted by molar-refractivity contribution is 6.01. The van der Waals surface area contributed by atoms with Crippen LogP contribution in [0.25, 0.3) is 11.1 Å². The van der Waals surface area contributed by atoms with Gasteiger partial charge in [-0.05, 0) is 24.3 Å². The van der Waals surface area contributed by atoms with Crippen molar-refractivity contribution in [3.63, 3.8) is 0 Å². The number of carbonyl (C=O) groups excluding carboxylic acids is 2. The first-order valence-electron chi connectivity index (χ1n) is 17.0. The van der Waals surface area contributed by atoms with Crippen LogP contribution in [0.4, 0.5) is 4.79 Å². The van der Waals surface area contributed by atoms with Crippen LogP contribution in [0.2, 0.25) is 0 Å². The Labute approximate surface area is 276 Å². The monoisotopic (exact) mass is 650 g/mol. The lowest BCUT2D eigenvalue weighted by Crippen LogP contribution is -2.61. The summed E-state index contributed by atoms with van der Waals surface area (Å²) in [5, 5.41) is 31.7. The van der Waals surface area contributed by atoms with E-state index >= 15 is 0 Å². The molecule has 1 aromatic heterocycles. The van der Waals surface area contributed by atoms with Crippen molar-refractivity contribution in [3.8, 4) is 11.1 Å². The highest BCUT2D eigenvalue weighted by Crippen LogP contribution is 2.41. The highest BCUT2D eigenvalue weighted by Gasteiger charge is 2.49. The number of rotatable bonds is 8. The number of piperazine rings is 1. The van der Waals surface area contributed by atoms with Crippen molar-refractivity contribution in [3.05, 3.63) is 58.5 Å². The summed E-state index contributed by atoms with van der Waals surface area (Å²) in [4.78, 5) is 57.4. The molecule has 47 heavy (non-hydrogen) atoms. The minimum atomic E-state index is -1.34. The number of carbonyl (C=O) groups is 3. The summed E-state index contributed by atoms with van der Waals surface area (Å²) in [5.74, 6) is 0.195. The van der Waals surface area contributed by atoms with Gasteiger partial charge in [-0.1, -0.05) is 83.2 Å². The first kappa shape index (κ1) is 34.6. The average Bonchev–Trinajstić information content (AvgIpc) is 3.06. The number of benzene rings is 1. The Morgan fingerprint density at radius 3 is 2.34 bits per heavy atom. The quantitative estimate of drug-likeness (QED) is 0.393. The fraction of sp³-hybridized carbons (Fsp3) is 0.611. The largest absolute Gasteiger partial charge is 0.465 e. The molecule has 3 N–H and O–H groups in total. The maximum atomic E-state index is 14.2. The Morgan fingerprint density at radius 2 is 1.70 bits per heavy atom. The third kappa shape index (κ3) is 7.41. The van der Waals surface area contributed by atoms with Crippen LogP contribution in [0.1, 0.15) is 76.1 Å². The molecule has 256 valence electrons. The second kappa shape index (κ2) is 14.2. The highest BCUT2D eigenvalue weighted by atomic mass is 16.4. The molecule has 3 amide bonds. The van der Waals surface area contributed by atoms with Crippen molar-refractivity contribution in [1.29, 1.82) is 0 Å². The zero-order valence-electron chi connectivity index (χ0n) is 27.9. The summed E-state index contributed by atoms with van der Waals surface area (Å²) in [6.45, 7) is 6.25. The van der Waals surface area contributed by atoms with Crippen LogP contribution in [-0.2, 0) is 11.3 Å². The maximum absolute atomic E-state index is 14.2. The van der Waals surface area contributed by atoms with Crippen LogP contribution in [0, 0.1) is 17.3 Å². The second-order valence-electron chi connectivity index (χ2n) is 14.6. The Bertz CT molecular complexity index is 1500. The van der Waals surface area contributed by atoms with Crippen LogP contribution in [-0.4, -0.2) is 103 Å². The van der Waals surface area contributed by atoms with Gasteiger partial charge in [-0.3, -0.25) is 14.4 Å². The molecule has 2 aromatic rings. The number of amides is 3. The summed E-state index contributed by atoms with van der Waals surface area (Å²) in [7, 11) is 0. The standard InChI is InChI=1S/C36H50N4O7/c1-25(18-26-10-6-4-7-11-26)32(43)38-15-14-36(47,35(2,3)23-38)24-39-21-30(29(19-31(39)42)27-12-8-5-9-13-27)33(44)40-17-16-37(34(45)46)20-28(40)22-41/h5,8-9,12-13,19,21,25-26,28,41,47H,4,6-7,10-11,14-18,20,22-24H2,1-3H3,(H,45,46)/t25-,28+,36-/m1/s1. The molecule has 0 radical (unpaired) electrons. The van der Waals surface area contributed by atoms with Crippen LogP contribution in [0.3, 0.4) is 0 Å². The second-order valence-corrected chi connectivity index (χ2v) is 14.6. The fourth-order valence-electron chi connectivity index (χ4n) is 7.79. The topological polar surface area (TPSA) is 144 Å². The van der Waals surface area contributed by atoms with Gasteiger partial charge < -0.3 is 34.6 Å². The molecule has 11 heteroatoms. The lowest BCUT2D eigenvalue weighted by Gasteiger charge is -2.51. The molecule has 2 aliphatic heterocycles. The lowest BCUT2D eigenvalue weighted by atomic mass is 9.69. The molecule has 1 aliphatic carbocycles. The van der Waals surface area contributed by atoms with E-state index < -0.39 is 35.7 Å². The van der Waals surface area contributed by atoms with Gasteiger partial charge in [-0.25, -0.2) is 4.79 Å². The van der Waals surface area contributed by atoms with E-state index in [9.17, 15) is 34.5 Å². The Hall–Kier alpha value is -3.70. The molecule has 1 aromatic carbocycles. The van der Waals surface area contributed by atoms with E-state index in [-0.39, 0.29) is 55.5 Å². The predicted octanol–water partition coefficient (Wildman–Crippen LogP) is 3.91.